The van der Waals surface area contributed by atoms with E-state index in [1.54, 1.807) is 0 Å². The highest BCUT2D eigenvalue weighted by Crippen LogP contribution is 2.10. The molecule has 66 valence electrons. The number of halogens is 1. The third-order valence-electron chi connectivity index (χ3n) is 1.54. The van der Waals surface area contributed by atoms with Crippen LogP contribution >= 0.6 is 0 Å². The molecule has 13 heavy (non-hydrogen) atoms. The minimum atomic E-state index is -0.707. The number of terminal acetylenes is 1. The SMILES string of the molecule is C#Cc1ccc(C(=O)OC)c(F)c1. The molecule has 0 unspecified atom stereocenters. The summed E-state index contributed by atoms with van der Waals surface area (Å²) in [4.78, 5) is 10.9. The number of hydrogen-bond acceptors (Lipinski definition) is 2. The maximum absolute atomic E-state index is 13.1. The van der Waals surface area contributed by atoms with E-state index in [0.29, 0.717) is 5.56 Å². The quantitative estimate of drug-likeness (QED) is 0.482. The van der Waals surface area contributed by atoms with E-state index in [-0.39, 0.29) is 5.56 Å². The standard InChI is InChI=1S/C10H7FO2/c1-3-7-4-5-8(9(11)6-7)10(12)13-2/h1,4-6H,2H3. The Kier molecular flexibility index (Phi) is 2.65. The summed E-state index contributed by atoms with van der Waals surface area (Å²) < 4.78 is 17.4. The van der Waals surface area contributed by atoms with Gasteiger partial charge in [0.2, 0.25) is 0 Å². The summed E-state index contributed by atoms with van der Waals surface area (Å²) in [6.07, 6.45) is 5.04. The van der Waals surface area contributed by atoms with Crippen LogP contribution in [0.2, 0.25) is 0 Å². The first-order valence-electron chi connectivity index (χ1n) is 3.53. The van der Waals surface area contributed by atoms with Gasteiger partial charge >= 0.3 is 5.97 Å². The molecule has 0 radical (unpaired) electrons. The number of methoxy groups -OCH3 is 1. The molecule has 0 atom stereocenters. The maximum atomic E-state index is 13.1. The Labute approximate surface area is 75.3 Å². The van der Waals surface area contributed by atoms with Gasteiger partial charge in [0, 0.05) is 5.56 Å². The van der Waals surface area contributed by atoms with Crippen molar-refractivity contribution in [2.75, 3.05) is 7.11 Å². The van der Waals surface area contributed by atoms with Gasteiger partial charge in [0.25, 0.3) is 0 Å². The first kappa shape index (κ1) is 9.27. The van der Waals surface area contributed by atoms with Gasteiger partial charge in [-0.1, -0.05) is 5.92 Å². The number of hydrogen-bond donors (Lipinski definition) is 0. The molecule has 0 aliphatic carbocycles. The monoisotopic (exact) mass is 178 g/mol. The minimum absolute atomic E-state index is 0.110. The Morgan fingerprint density at radius 1 is 1.62 bits per heavy atom. The number of carbonyl (C=O) groups is 1. The maximum Gasteiger partial charge on any atom is 0.340 e. The van der Waals surface area contributed by atoms with Crippen LogP contribution < -0.4 is 0 Å². The van der Waals surface area contributed by atoms with Gasteiger partial charge in [-0.2, -0.15) is 0 Å². The predicted molar refractivity (Wildman–Crippen MR) is 45.7 cm³/mol. The lowest BCUT2D eigenvalue weighted by Gasteiger charge is -2.00. The van der Waals surface area contributed by atoms with Gasteiger partial charge in [-0.3, -0.25) is 0 Å². The molecule has 0 fully saturated rings. The van der Waals surface area contributed by atoms with Crippen LogP contribution in [0.25, 0.3) is 0 Å². The number of rotatable bonds is 1. The summed E-state index contributed by atoms with van der Waals surface area (Å²) in [7, 11) is 1.19. The van der Waals surface area contributed by atoms with Gasteiger partial charge < -0.3 is 4.74 Å². The normalized spacial score (nSPS) is 9.00. The van der Waals surface area contributed by atoms with Crippen molar-refractivity contribution in [2.45, 2.75) is 0 Å². The summed E-state index contributed by atoms with van der Waals surface area (Å²) in [5, 5.41) is 0. The molecule has 0 amide bonds. The summed E-state index contributed by atoms with van der Waals surface area (Å²) >= 11 is 0. The molecule has 0 aromatic heterocycles. The first-order chi connectivity index (χ1) is 6.19. The second-order valence-corrected chi connectivity index (χ2v) is 2.33. The van der Waals surface area contributed by atoms with Crippen molar-refractivity contribution in [1.82, 2.24) is 0 Å². The number of benzene rings is 1. The van der Waals surface area contributed by atoms with Crippen molar-refractivity contribution in [2.24, 2.45) is 0 Å². The second-order valence-electron chi connectivity index (χ2n) is 2.33. The Morgan fingerprint density at radius 2 is 2.31 bits per heavy atom. The van der Waals surface area contributed by atoms with Crippen molar-refractivity contribution in [3.05, 3.63) is 35.1 Å². The lowest BCUT2D eigenvalue weighted by molar-refractivity contribution is 0.0595. The highest BCUT2D eigenvalue weighted by molar-refractivity contribution is 5.89. The smallest absolute Gasteiger partial charge is 0.340 e. The van der Waals surface area contributed by atoms with Crippen molar-refractivity contribution in [3.63, 3.8) is 0 Å². The molecule has 0 aliphatic rings. The highest BCUT2D eigenvalue weighted by Gasteiger charge is 2.11. The van der Waals surface area contributed by atoms with Crippen LogP contribution in [0.3, 0.4) is 0 Å². The Balaban J connectivity index is 3.14. The van der Waals surface area contributed by atoms with E-state index in [0.717, 1.165) is 6.07 Å². The average molecular weight is 178 g/mol. The zero-order valence-corrected chi connectivity index (χ0v) is 7.00. The van der Waals surface area contributed by atoms with Crippen LogP contribution in [0.15, 0.2) is 18.2 Å². The van der Waals surface area contributed by atoms with Gasteiger partial charge in [0.05, 0.1) is 12.7 Å². The average Bonchev–Trinajstić information content (AvgIpc) is 2.16. The lowest BCUT2D eigenvalue weighted by Crippen LogP contribution is -2.04. The lowest BCUT2D eigenvalue weighted by atomic mass is 10.1. The molecule has 1 rings (SSSR count). The van der Waals surface area contributed by atoms with Gasteiger partial charge in [-0.25, -0.2) is 9.18 Å². The largest absolute Gasteiger partial charge is 0.465 e. The first-order valence-corrected chi connectivity index (χ1v) is 3.53. The zero-order chi connectivity index (χ0) is 9.84. The molecule has 0 bridgehead atoms. The molecule has 0 heterocycles. The van der Waals surface area contributed by atoms with E-state index in [1.807, 2.05) is 0 Å². The predicted octanol–water partition coefficient (Wildman–Crippen LogP) is 1.59. The van der Waals surface area contributed by atoms with Gasteiger partial charge in [0.15, 0.2) is 0 Å². The molecule has 0 saturated heterocycles. The van der Waals surface area contributed by atoms with E-state index >= 15 is 0 Å². The van der Waals surface area contributed by atoms with E-state index in [4.69, 9.17) is 6.42 Å². The minimum Gasteiger partial charge on any atom is -0.465 e. The zero-order valence-electron chi connectivity index (χ0n) is 7.00. The molecule has 0 aliphatic heterocycles. The molecule has 0 saturated carbocycles. The van der Waals surface area contributed by atoms with Crippen LogP contribution in [-0.4, -0.2) is 13.1 Å². The van der Waals surface area contributed by atoms with Crippen LogP contribution in [0, 0.1) is 18.2 Å². The molecule has 0 spiro atoms. The molecule has 2 nitrogen and oxygen atoms in total. The topological polar surface area (TPSA) is 26.3 Å². The third kappa shape index (κ3) is 1.85. The molecule has 1 aromatic rings. The third-order valence-corrected chi connectivity index (χ3v) is 1.54. The second kappa shape index (κ2) is 3.72. The molecular weight excluding hydrogens is 171 g/mol. The summed E-state index contributed by atoms with van der Waals surface area (Å²) in [6, 6.07) is 3.90. The Morgan fingerprint density at radius 3 is 2.77 bits per heavy atom. The molecule has 0 N–H and O–H groups in total. The van der Waals surface area contributed by atoms with E-state index in [2.05, 4.69) is 10.7 Å². The molecular formula is C10H7FO2. The fourth-order valence-corrected chi connectivity index (χ4v) is 0.880. The molecule has 3 heteroatoms. The highest BCUT2D eigenvalue weighted by atomic mass is 19.1. The Bertz CT molecular complexity index is 377. The Hall–Kier alpha value is -1.82. The number of esters is 1. The fourth-order valence-electron chi connectivity index (χ4n) is 0.880. The van der Waals surface area contributed by atoms with Crippen LogP contribution in [0.4, 0.5) is 4.39 Å². The number of carbonyl (C=O) groups excluding carboxylic acids is 1. The van der Waals surface area contributed by atoms with E-state index in [9.17, 15) is 9.18 Å². The summed E-state index contributed by atoms with van der Waals surface area (Å²) in [5.74, 6) is 0.888. The number of ether oxygens (including phenoxy) is 1. The fraction of sp³-hybridized carbons (Fsp3) is 0.100. The van der Waals surface area contributed by atoms with Crippen LogP contribution in [-0.2, 0) is 4.74 Å². The van der Waals surface area contributed by atoms with Crippen LogP contribution in [0.5, 0.6) is 0 Å². The summed E-state index contributed by atoms with van der Waals surface area (Å²) in [5.41, 5.74) is 0.284. The van der Waals surface area contributed by atoms with Crippen molar-refractivity contribution in [3.8, 4) is 12.3 Å². The van der Waals surface area contributed by atoms with Crippen molar-refractivity contribution in [1.29, 1.82) is 0 Å². The molecule has 1 aromatic carbocycles. The van der Waals surface area contributed by atoms with E-state index in [1.165, 1.54) is 19.2 Å². The van der Waals surface area contributed by atoms with Gasteiger partial charge in [0.1, 0.15) is 5.82 Å². The van der Waals surface area contributed by atoms with Crippen molar-refractivity contribution >= 4 is 5.97 Å². The van der Waals surface area contributed by atoms with Crippen LogP contribution in [0.1, 0.15) is 15.9 Å². The van der Waals surface area contributed by atoms with Gasteiger partial charge in [-0.05, 0) is 18.2 Å². The van der Waals surface area contributed by atoms with Crippen molar-refractivity contribution < 1.29 is 13.9 Å². The summed E-state index contributed by atoms with van der Waals surface area (Å²) in [6.45, 7) is 0. The van der Waals surface area contributed by atoms with Gasteiger partial charge in [-0.15, -0.1) is 6.42 Å². The van der Waals surface area contributed by atoms with E-state index < -0.39 is 11.8 Å².